The van der Waals surface area contributed by atoms with E-state index in [0.29, 0.717) is 30.0 Å². The van der Waals surface area contributed by atoms with Crippen molar-refractivity contribution in [1.29, 1.82) is 0 Å². The van der Waals surface area contributed by atoms with Gasteiger partial charge in [0.25, 0.3) is 11.7 Å². The molecule has 1 heterocycles. The van der Waals surface area contributed by atoms with Crippen molar-refractivity contribution in [2.75, 3.05) is 63.7 Å². The second kappa shape index (κ2) is 15.7. The zero-order chi connectivity index (χ0) is 32.4. The van der Waals surface area contributed by atoms with Crippen LogP contribution in [0.2, 0.25) is 0 Å². The standard InChI is InChI=1S/C35H46N4O6/c1-6-7-10-15-36-34(42)38-29-23-24(35(2,3)4)22-28(32(29)43-5)37-33(41)31(40)27-13-14-30(26-12-9-8-11-25(26)27)45-21-18-39-16-19-44-20-17-39/h8-9,11-14,22-23H,6-7,10,15-21H2,1-5H3,(H,37,41)(H2,36,38,42). The summed E-state index contributed by atoms with van der Waals surface area (Å²) in [5.74, 6) is -0.612. The van der Waals surface area contributed by atoms with Crippen LogP contribution in [-0.4, -0.2) is 75.7 Å². The predicted molar refractivity (Wildman–Crippen MR) is 178 cm³/mol. The molecule has 0 spiro atoms. The van der Waals surface area contributed by atoms with Gasteiger partial charge in [0.2, 0.25) is 0 Å². The molecule has 45 heavy (non-hydrogen) atoms. The third-order valence-electron chi connectivity index (χ3n) is 7.83. The topological polar surface area (TPSA) is 118 Å². The zero-order valence-corrected chi connectivity index (χ0v) is 27.1. The molecule has 0 aliphatic carbocycles. The Hall–Kier alpha value is -4.15. The number of nitrogens with zero attached hydrogens (tertiary/aromatic N) is 1. The second-order valence-corrected chi connectivity index (χ2v) is 12.2. The number of benzene rings is 3. The Morgan fingerprint density at radius 2 is 1.62 bits per heavy atom. The van der Waals surface area contributed by atoms with Crippen molar-refractivity contribution < 1.29 is 28.6 Å². The van der Waals surface area contributed by atoms with Crippen LogP contribution in [0.1, 0.15) is 62.9 Å². The van der Waals surface area contributed by atoms with Gasteiger partial charge in [-0.25, -0.2) is 4.79 Å². The largest absolute Gasteiger partial charge is 0.492 e. The number of ketones is 1. The summed E-state index contributed by atoms with van der Waals surface area (Å²) >= 11 is 0. The number of carbonyl (C=O) groups is 3. The number of methoxy groups -OCH3 is 1. The maximum Gasteiger partial charge on any atom is 0.319 e. The fourth-order valence-electron chi connectivity index (χ4n) is 5.22. The lowest BCUT2D eigenvalue weighted by Gasteiger charge is -2.26. The van der Waals surface area contributed by atoms with Crippen LogP contribution in [0.15, 0.2) is 48.5 Å². The van der Waals surface area contributed by atoms with Gasteiger partial charge in [-0.1, -0.05) is 64.8 Å². The third kappa shape index (κ3) is 8.95. The van der Waals surface area contributed by atoms with E-state index in [4.69, 9.17) is 14.2 Å². The molecule has 1 aliphatic heterocycles. The maximum absolute atomic E-state index is 13.6. The maximum atomic E-state index is 13.6. The summed E-state index contributed by atoms with van der Waals surface area (Å²) in [5, 5.41) is 9.86. The number of fused-ring (bicyclic) bond motifs is 1. The summed E-state index contributed by atoms with van der Waals surface area (Å²) in [5.41, 5.74) is 1.47. The lowest BCUT2D eigenvalue weighted by molar-refractivity contribution is -0.112. The fourth-order valence-corrected chi connectivity index (χ4v) is 5.22. The number of anilines is 2. The van der Waals surface area contributed by atoms with Gasteiger partial charge in [0, 0.05) is 37.1 Å². The Morgan fingerprint density at radius 1 is 0.933 bits per heavy atom. The Labute approximate surface area is 265 Å². The molecule has 3 aromatic carbocycles. The Bertz CT molecular complexity index is 1490. The quantitative estimate of drug-likeness (QED) is 0.122. The van der Waals surface area contributed by atoms with Gasteiger partial charge in [0.05, 0.1) is 31.7 Å². The van der Waals surface area contributed by atoms with Gasteiger partial charge in [-0.15, -0.1) is 0 Å². The SMILES string of the molecule is CCCCCNC(=O)Nc1cc(C(C)(C)C)cc(NC(=O)C(=O)c2ccc(OCCN3CCOCC3)c3ccccc23)c1OC. The number of amides is 3. The average molecular weight is 619 g/mol. The third-order valence-corrected chi connectivity index (χ3v) is 7.83. The van der Waals surface area contributed by atoms with Gasteiger partial charge in [-0.2, -0.15) is 0 Å². The van der Waals surface area contributed by atoms with Gasteiger partial charge in [0.1, 0.15) is 12.4 Å². The molecular formula is C35H46N4O6. The number of morpholine rings is 1. The molecule has 3 N–H and O–H groups in total. The molecule has 0 saturated carbocycles. The summed E-state index contributed by atoms with van der Waals surface area (Å²) < 4.78 is 17.2. The molecular weight excluding hydrogens is 572 g/mol. The van der Waals surface area contributed by atoms with E-state index in [-0.39, 0.29) is 28.4 Å². The molecule has 1 fully saturated rings. The number of unbranched alkanes of at least 4 members (excludes halogenated alkanes) is 2. The van der Waals surface area contributed by atoms with Crippen LogP contribution in [0.3, 0.4) is 0 Å². The molecule has 10 nitrogen and oxygen atoms in total. The molecule has 242 valence electrons. The van der Waals surface area contributed by atoms with Crippen molar-refractivity contribution in [2.45, 2.75) is 52.4 Å². The molecule has 3 aromatic rings. The Balaban J connectivity index is 1.55. The zero-order valence-electron chi connectivity index (χ0n) is 27.1. The molecule has 0 atom stereocenters. The second-order valence-electron chi connectivity index (χ2n) is 12.2. The normalized spacial score (nSPS) is 13.7. The van der Waals surface area contributed by atoms with Crippen molar-refractivity contribution >= 4 is 39.9 Å². The first kappa shape index (κ1) is 33.7. The highest BCUT2D eigenvalue weighted by Crippen LogP contribution is 2.39. The molecule has 3 amide bonds. The van der Waals surface area contributed by atoms with Crippen LogP contribution in [-0.2, 0) is 14.9 Å². The Morgan fingerprint density at radius 3 is 2.29 bits per heavy atom. The number of carbonyl (C=O) groups excluding carboxylic acids is 3. The van der Waals surface area contributed by atoms with Gasteiger partial charge in [-0.05, 0) is 47.1 Å². The smallest absolute Gasteiger partial charge is 0.319 e. The minimum atomic E-state index is -0.819. The van der Waals surface area contributed by atoms with Crippen molar-refractivity contribution in [3.05, 3.63) is 59.7 Å². The minimum absolute atomic E-state index is 0.252. The highest BCUT2D eigenvalue weighted by Gasteiger charge is 2.25. The number of hydrogen-bond donors (Lipinski definition) is 3. The van der Waals surface area contributed by atoms with Crippen LogP contribution in [0.25, 0.3) is 10.8 Å². The van der Waals surface area contributed by atoms with E-state index in [9.17, 15) is 14.4 Å². The van der Waals surface area contributed by atoms with Gasteiger partial charge in [0.15, 0.2) is 5.75 Å². The summed E-state index contributed by atoms with van der Waals surface area (Å²) in [4.78, 5) is 42.1. The number of rotatable bonds is 13. The van der Waals surface area contributed by atoms with Gasteiger partial charge >= 0.3 is 6.03 Å². The van der Waals surface area contributed by atoms with Gasteiger partial charge in [-0.3, -0.25) is 14.5 Å². The van der Waals surface area contributed by atoms with E-state index in [1.54, 1.807) is 18.2 Å². The molecule has 0 radical (unpaired) electrons. The summed E-state index contributed by atoms with van der Waals surface area (Å²) in [6.07, 6.45) is 2.95. The molecule has 0 unspecified atom stereocenters. The first-order valence-electron chi connectivity index (χ1n) is 15.7. The fraction of sp³-hybridized carbons (Fsp3) is 0.457. The number of nitrogens with one attached hydrogen (secondary N) is 3. The van der Waals surface area contributed by atoms with Crippen molar-refractivity contribution in [2.24, 2.45) is 0 Å². The molecule has 0 bridgehead atoms. The van der Waals surface area contributed by atoms with Crippen LogP contribution in [0.4, 0.5) is 16.2 Å². The highest BCUT2D eigenvalue weighted by atomic mass is 16.5. The van der Waals surface area contributed by atoms with Crippen LogP contribution in [0, 0.1) is 0 Å². The first-order chi connectivity index (χ1) is 21.6. The Kier molecular flexibility index (Phi) is 11.8. The molecule has 1 saturated heterocycles. The van der Waals surface area contributed by atoms with E-state index >= 15 is 0 Å². The molecule has 0 aromatic heterocycles. The van der Waals surface area contributed by atoms with E-state index in [1.807, 2.05) is 51.1 Å². The van der Waals surface area contributed by atoms with Gasteiger partial charge < -0.3 is 30.2 Å². The summed E-state index contributed by atoms with van der Waals surface area (Å²) in [6, 6.07) is 14.0. The van der Waals surface area contributed by atoms with E-state index in [0.717, 1.165) is 63.1 Å². The molecule has 10 heteroatoms. The number of hydrogen-bond acceptors (Lipinski definition) is 7. The van der Waals surface area contributed by atoms with E-state index in [2.05, 4.69) is 27.8 Å². The summed E-state index contributed by atoms with van der Waals surface area (Å²) in [7, 11) is 1.46. The number of ether oxygens (including phenoxy) is 3. The van der Waals surface area contributed by atoms with Crippen LogP contribution < -0.4 is 25.4 Å². The number of urea groups is 1. The highest BCUT2D eigenvalue weighted by molar-refractivity contribution is 6.48. The lowest BCUT2D eigenvalue weighted by Crippen LogP contribution is -2.38. The van der Waals surface area contributed by atoms with Crippen molar-refractivity contribution in [1.82, 2.24) is 10.2 Å². The summed E-state index contributed by atoms with van der Waals surface area (Å²) in [6.45, 7) is 13.2. The van der Waals surface area contributed by atoms with E-state index in [1.165, 1.54) is 7.11 Å². The van der Waals surface area contributed by atoms with E-state index < -0.39 is 11.7 Å². The molecule has 1 aliphatic rings. The van der Waals surface area contributed by atoms with Crippen molar-refractivity contribution in [3.8, 4) is 11.5 Å². The van der Waals surface area contributed by atoms with Crippen molar-refractivity contribution in [3.63, 3.8) is 0 Å². The first-order valence-corrected chi connectivity index (χ1v) is 15.7. The monoisotopic (exact) mass is 618 g/mol. The van der Waals surface area contributed by atoms with Crippen LogP contribution >= 0.6 is 0 Å². The average Bonchev–Trinajstić information content (AvgIpc) is 3.03. The molecule has 4 rings (SSSR count). The number of Topliss-reactive ketones (excluding diaryl/α,β-unsaturated/α-hetero) is 1. The minimum Gasteiger partial charge on any atom is -0.492 e. The lowest BCUT2D eigenvalue weighted by atomic mass is 9.86. The van der Waals surface area contributed by atoms with Crippen LogP contribution in [0.5, 0.6) is 11.5 Å². The predicted octanol–water partition coefficient (Wildman–Crippen LogP) is 5.99.